The smallest absolute Gasteiger partial charge is 0.310 e. The molecule has 0 aliphatic rings. The molecule has 2 aromatic carbocycles. The second-order valence-electron chi connectivity index (χ2n) is 4.86. The van der Waals surface area contributed by atoms with Crippen LogP contribution >= 0.6 is 11.6 Å². The number of para-hydroxylation sites is 2. The summed E-state index contributed by atoms with van der Waals surface area (Å²) in [5.41, 5.74) is -0.348. The van der Waals surface area contributed by atoms with Crippen molar-refractivity contribution < 1.29 is 23.6 Å². The number of halogens is 2. The van der Waals surface area contributed by atoms with Crippen LogP contribution in [-0.4, -0.2) is 23.4 Å². The van der Waals surface area contributed by atoms with Crippen LogP contribution in [0.25, 0.3) is 0 Å². The number of nitrogens with zero attached hydrogens (tertiary/aromatic N) is 1. The van der Waals surface area contributed by atoms with Gasteiger partial charge in [-0.05, 0) is 18.2 Å². The number of nitro groups is 1. The van der Waals surface area contributed by atoms with Gasteiger partial charge >= 0.3 is 5.97 Å². The van der Waals surface area contributed by atoms with Gasteiger partial charge in [-0.15, -0.1) is 0 Å². The minimum atomic E-state index is -0.857. The second-order valence-corrected chi connectivity index (χ2v) is 5.27. The molecule has 25 heavy (non-hydrogen) atoms. The third kappa shape index (κ3) is 4.98. The lowest BCUT2D eigenvalue weighted by Crippen LogP contribution is -2.22. The monoisotopic (exact) mass is 366 g/mol. The summed E-state index contributed by atoms with van der Waals surface area (Å²) in [5, 5.41) is 13.2. The van der Waals surface area contributed by atoms with E-state index in [1.165, 1.54) is 36.4 Å². The molecule has 7 nitrogen and oxygen atoms in total. The summed E-state index contributed by atoms with van der Waals surface area (Å²) in [6.45, 7) is -0.670. The molecule has 0 radical (unpaired) electrons. The first-order valence-electron chi connectivity index (χ1n) is 7.00. The zero-order valence-electron chi connectivity index (χ0n) is 12.7. The first kappa shape index (κ1) is 18.3. The van der Waals surface area contributed by atoms with Crippen LogP contribution in [0, 0.1) is 15.9 Å². The van der Waals surface area contributed by atoms with Gasteiger partial charge in [0.2, 0.25) is 0 Å². The predicted octanol–water partition coefficient (Wildman–Crippen LogP) is 3.11. The van der Waals surface area contributed by atoms with Crippen molar-refractivity contribution in [3.05, 3.63) is 69.0 Å². The summed E-state index contributed by atoms with van der Waals surface area (Å²) in [5.74, 6) is -2.28. The van der Waals surface area contributed by atoms with Crippen molar-refractivity contribution in [2.24, 2.45) is 0 Å². The van der Waals surface area contributed by atoms with Crippen LogP contribution in [0.15, 0.2) is 42.5 Å². The Morgan fingerprint density at radius 1 is 1.20 bits per heavy atom. The molecule has 1 N–H and O–H groups in total. The molecule has 2 aromatic rings. The molecule has 0 saturated carbocycles. The van der Waals surface area contributed by atoms with Crippen molar-refractivity contribution in [2.45, 2.75) is 6.42 Å². The van der Waals surface area contributed by atoms with E-state index in [0.29, 0.717) is 0 Å². The SMILES string of the molecule is O=C(COC(=O)Cc1c(F)cccc1Cl)Nc1ccccc1[N+](=O)[O-]. The van der Waals surface area contributed by atoms with E-state index in [0.717, 1.165) is 6.07 Å². The van der Waals surface area contributed by atoms with Crippen LogP contribution in [0.5, 0.6) is 0 Å². The quantitative estimate of drug-likeness (QED) is 0.481. The Labute approximate surface area is 146 Å². The molecule has 2 rings (SSSR count). The summed E-state index contributed by atoms with van der Waals surface area (Å²) in [4.78, 5) is 33.7. The minimum Gasteiger partial charge on any atom is -0.455 e. The Morgan fingerprint density at radius 3 is 2.60 bits per heavy atom. The van der Waals surface area contributed by atoms with E-state index in [1.807, 2.05) is 0 Å². The van der Waals surface area contributed by atoms with E-state index in [1.54, 1.807) is 0 Å². The minimum absolute atomic E-state index is 0.0225. The molecule has 0 atom stereocenters. The molecule has 0 heterocycles. The number of carbonyl (C=O) groups excluding carboxylic acids is 2. The highest BCUT2D eigenvalue weighted by Gasteiger charge is 2.17. The van der Waals surface area contributed by atoms with Crippen molar-refractivity contribution in [2.75, 3.05) is 11.9 Å². The lowest BCUT2D eigenvalue weighted by molar-refractivity contribution is -0.383. The number of carbonyl (C=O) groups is 2. The van der Waals surface area contributed by atoms with Gasteiger partial charge in [-0.3, -0.25) is 19.7 Å². The lowest BCUT2D eigenvalue weighted by atomic mass is 10.1. The molecule has 0 spiro atoms. The molecule has 1 amide bonds. The van der Waals surface area contributed by atoms with E-state index in [2.05, 4.69) is 5.32 Å². The molecular formula is C16H12ClFN2O5. The molecule has 0 fully saturated rings. The highest BCUT2D eigenvalue weighted by molar-refractivity contribution is 6.31. The Kier molecular flexibility index (Phi) is 6.02. The van der Waals surface area contributed by atoms with Crippen LogP contribution in [0.3, 0.4) is 0 Å². The normalized spacial score (nSPS) is 10.2. The zero-order chi connectivity index (χ0) is 18.4. The number of rotatable bonds is 6. The Bertz CT molecular complexity index is 808. The molecule has 9 heteroatoms. The van der Waals surface area contributed by atoms with Gasteiger partial charge in [0, 0.05) is 16.7 Å². The third-order valence-electron chi connectivity index (χ3n) is 3.12. The molecule has 0 unspecified atom stereocenters. The van der Waals surface area contributed by atoms with E-state index < -0.39 is 35.6 Å². The Balaban J connectivity index is 1.92. The van der Waals surface area contributed by atoms with Crippen LogP contribution < -0.4 is 5.32 Å². The van der Waals surface area contributed by atoms with Crippen molar-refractivity contribution in [1.82, 2.24) is 0 Å². The first-order chi connectivity index (χ1) is 11.9. The summed E-state index contributed by atoms with van der Waals surface area (Å²) in [6, 6.07) is 9.50. The van der Waals surface area contributed by atoms with Crippen molar-refractivity contribution in [3.8, 4) is 0 Å². The van der Waals surface area contributed by atoms with Crippen molar-refractivity contribution in [1.29, 1.82) is 0 Å². The van der Waals surface area contributed by atoms with Gasteiger partial charge in [0.15, 0.2) is 6.61 Å². The lowest BCUT2D eigenvalue weighted by Gasteiger charge is -2.08. The molecule has 0 aliphatic heterocycles. The van der Waals surface area contributed by atoms with Crippen molar-refractivity contribution in [3.63, 3.8) is 0 Å². The van der Waals surface area contributed by atoms with Gasteiger partial charge in [0.1, 0.15) is 11.5 Å². The molecule has 0 aromatic heterocycles. The maximum absolute atomic E-state index is 13.6. The third-order valence-corrected chi connectivity index (χ3v) is 3.48. The largest absolute Gasteiger partial charge is 0.455 e. The van der Waals surface area contributed by atoms with Gasteiger partial charge in [0.05, 0.1) is 11.3 Å². The molecule has 130 valence electrons. The molecule has 0 saturated heterocycles. The average Bonchev–Trinajstić information content (AvgIpc) is 2.57. The number of ether oxygens (including phenoxy) is 1. The molecule has 0 bridgehead atoms. The summed E-state index contributed by atoms with van der Waals surface area (Å²) in [6.07, 6.45) is -0.440. The Hall–Kier alpha value is -3.00. The summed E-state index contributed by atoms with van der Waals surface area (Å²) >= 11 is 5.80. The first-order valence-corrected chi connectivity index (χ1v) is 7.38. The number of anilines is 1. The van der Waals surface area contributed by atoms with Gasteiger partial charge in [0.25, 0.3) is 11.6 Å². The average molecular weight is 367 g/mol. The van der Waals surface area contributed by atoms with Crippen molar-refractivity contribution >= 4 is 34.9 Å². The van der Waals surface area contributed by atoms with E-state index in [9.17, 15) is 24.1 Å². The summed E-state index contributed by atoms with van der Waals surface area (Å²) in [7, 11) is 0. The number of hydrogen-bond donors (Lipinski definition) is 1. The fraction of sp³-hybridized carbons (Fsp3) is 0.125. The number of amides is 1. The highest BCUT2D eigenvalue weighted by Crippen LogP contribution is 2.23. The van der Waals surface area contributed by atoms with E-state index in [4.69, 9.17) is 16.3 Å². The number of nitrogens with one attached hydrogen (secondary N) is 1. The van der Waals surface area contributed by atoms with Crippen LogP contribution in [0.2, 0.25) is 5.02 Å². The molecule has 0 aliphatic carbocycles. The van der Waals surface area contributed by atoms with Gasteiger partial charge < -0.3 is 10.1 Å². The second kappa shape index (κ2) is 8.20. The van der Waals surface area contributed by atoms with Gasteiger partial charge in [-0.1, -0.05) is 29.8 Å². The van der Waals surface area contributed by atoms with Gasteiger partial charge in [-0.2, -0.15) is 0 Å². The number of esters is 1. The van der Waals surface area contributed by atoms with Gasteiger partial charge in [-0.25, -0.2) is 4.39 Å². The summed E-state index contributed by atoms with van der Waals surface area (Å²) < 4.78 is 18.3. The predicted molar refractivity (Wildman–Crippen MR) is 87.8 cm³/mol. The number of hydrogen-bond acceptors (Lipinski definition) is 5. The molecular weight excluding hydrogens is 355 g/mol. The van der Waals surface area contributed by atoms with Crippen LogP contribution in [0.4, 0.5) is 15.8 Å². The number of nitro benzene ring substituents is 1. The van der Waals surface area contributed by atoms with E-state index in [-0.39, 0.29) is 22.0 Å². The standard InChI is InChI=1S/C16H12ClFN2O5/c17-11-4-3-5-12(18)10(11)8-16(22)25-9-15(21)19-13-6-1-2-7-14(13)20(23)24/h1-7H,8-9H2,(H,19,21). The van der Waals surface area contributed by atoms with Crippen LogP contribution in [0.1, 0.15) is 5.56 Å². The van der Waals surface area contributed by atoms with Crippen LogP contribution in [-0.2, 0) is 20.7 Å². The maximum Gasteiger partial charge on any atom is 0.310 e. The highest BCUT2D eigenvalue weighted by atomic mass is 35.5. The van der Waals surface area contributed by atoms with E-state index >= 15 is 0 Å². The Morgan fingerprint density at radius 2 is 1.92 bits per heavy atom. The maximum atomic E-state index is 13.6. The fourth-order valence-electron chi connectivity index (χ4n) is 1.97. The number of benzene rings is 2. The topological polar surface area (TPSA) is 98.5 Å². The zero-order valence-corrected chi connectivity index (χ0v) is 13.5. The fourth-order valence-corrected chi connectivity index (χ4v) is 2.20.